The number of pyridine rings is 1. The van der Waals surface area contributed by atoms with Gasteiger partial charge >= 0.3 is 0 Å². The molecule has 0 aliphatic carbocycles. The highest BCUT2D eigenvalue weighted by Crippen LogP contribution is 2.44. The number of amidine groups is 1. The smallest absolute Gasteiger partial charge is 0.160 e. The maximum atomic E-state index is 4.78. The molecule has 4 rings (SSSR count). The van der Waals surface area contributed by atoms with Gasteiger partial charge in [0.05, 0.1) is 6.54 Å². The first-order chi connectivity index (χ1) is 9.91. The summed E-state index contributed by atoms with van der Waals surface area (Å²) in [5.74, 6) is 1.12. The second-order valence-electron chi connectivity index (χ2n) is 5.07. The van der Waals surface area contributed by atoms with Crippen LogP contribution in [0.15, 0.2) is 59.9 Å². The van der Waals surface area contributed by atoms with Crippen molar-refractivity contribution < 1.29 is 0 Å². The molecule has 0 amide bonds. The minimum absolute atomic E-state index is 0.172. The van der Waals surface area contributed by atoms with Crippen molar-refractivity contribution in [2.45, 2.75) is 5.54 Å². The first-order valence-electron chi connectivity index (χ1n) is 6.82. The van der Waals surface area contributed by atoms with Crippen molar-refractivity contribution in [3.8, 4) is 0 Å². The van der Waals surface area contributed by atoms with E-state index < -0.39 is 0 Å². The summed E-state index contributed by atoms with van der Waals surface area (Å²) in [6.45, 7) is 1.83. The van der Waals surface area contributed by atoms with Crippen LogP contribution >= 0.6 is 11.8 Å². The van der Waals surface area contributed by atoms with E-state index >= 15 is 0 Å². The van der Waals surface area contributed by atoms with E-state index in [9.17, 15) is 0 Å². The van der Waals surface area contributed by atoms with Crippen molar-refractivity contribution in [1.29, 1.82) is 0 Å². The zero-order valence-corrected chi connectivity index (χ0v) is 11.9. The number of hydrogen-bond donors (Lipinski definition) is 0. The van der Waals surface area contributed by atoms with Crippen molar-refractivity contribution in [2.75, 3.05) is 18.8 Å². The van der Waals surface area contributed by atoms with Gasteiger partial charge in [0.25, 0.3) is 0 Å². The van der Waals surface area contributed by atoms with Crippen LogP contribution in [0.5, 0.6) is 0 Å². The summed E-state index contributed by atoms with van der Waals surface area (Å²) in [4.78, 5) is 11.6. The molecule has 1 aromatic carbocycles. The van der Waals surface area contributed by atoms with Gasteiger partial charge in [0.1, 0.15) is 5.54 Å². The maximum Gasteiger partial charge on any atom is 0.160 e. The number of nitrogens with zero attached hydrogens (tertiary/aromatic N) is 3. The number of thioether (sulfide) groups is 1. The second kappa shape index (κ2) is 4.63. The van der Waals surface area contributed by atoms with Gasteiger partial charge in [0, 0.05) is 30.3 Å². The molecule has 1 aromatic heterocycles. The van der Waals surface area contributed by atoms with E-state index in [1.54, 1.807) is 0 Å². The molecule has 4 heteroatoms. The van der Waals surface area contributed by atoms with Crippen LogP contribution in [0, 0.1) is 0 Å². The Hall–Kier alpha value is -1.81. The SMILES string of the molecule is c1ccc(C2(c3cccnc3)CN=C3SCCN32)cc1. The number of hydrogen-bond acceptors (Lipinski definition) is 4. The zero-order chi connectivity index (χ0) is 13.4. The third-order valence-corrected chi connectivity index (χ3v) is 5.07. The molecule has 100 valence electrons. The Morgan fingerprint density at radius 3 is 2.70 bits per heavy atom. The fraction of sp³-hybridized carbons (Fsp3) is 0.250. The van der Waals surface area contributed by atoms with Crippen LogP contribution in [0.4, 0.5) is 0 Å². The van der Waals surface area contributed by atoms with Gasteiger partial charge in [-0.3, -0.25) is 9.98 Å². The summed E-state index contributed by atoms with van der Waals surface area (Å²) < 4.78 is 0. The molecule has 1 unspecified atom stereocenters. The minimum Gasteiger partial charge on any atom is -0.335 e. The summed E-state index contributed by atoms with van der Waals surface area (Å²) in [6, 6.07) is 14.9. The Balaban J connectivity index is 1.91. The zero-order valence-electron chi connectivity index (χ0n) is 11.1. The molecular weight excluding hydrogens is 266 g/mol. The molecule has 0 N–H and O–H groups in total. The van der Waals surface area contributed by atoms with E-state index in [0.29, 0.717) is 0 Å². The summed E-state index contributed by atoms with van der Waals surface area (Å²) in [5.41, 5.74) is 2.36. The minimum atomic E-state index is -0.172. The summed E-state index contributed by atoms with van der Waals surface area (Å²) in [5, 5.41) is 1.18. The normalized spacial score (nSPS) is 24.6. The lowest BCUT2D eigenvalue weighted by molar-refractivity contribution is 0.273. The molecule has 0 spiro atoms. The van der Waals surface area contributed by atoms with E-state index in [4.69, 9.17) is 4.99 Å². The highest BCUT2D eigenvalue weighted by Gasteiger charge is 2.47. The average Bonchev–Trinajstić information content (AvgIpc) is 3.11. The molecule has 2 aliphatic heterocycles. The highest BCUT2D eigenvalue weighted by atomic mass is 32.2. The lowest BCUT2D eigenvalue weighted by Gasteiger charge is -2.38. The Labute approximate surface area is 122 Å². The van der Waals surface area contributed by atoms with Gasteiger partial charge in [-0.2, -0.15) is 0 Å². The van der Waals surface area contributed by atoms with E-state index in [0.717, 1.165) is 18.8 Å². The molecule has 1 fully saturated rings. The van der Waals surface area contributed by atoms with Gasteiger partial charge in [-0.05, 0) is 11.6 Å². The number of aromatic nitrogens is 1. The van der Waals surface area contributed by atoms with Gasteiger partial charge in [-0.15, -0.1) is 0 Å². The molecule has 3 heterocycles. The summed E-state index contributed by atoms with van der Waals surface area (Å²) >= 11 is 1.86. The Kier molecular flexibility index (Phi) is 2.77. The van der Waals surface area contributed by atoms with Crippen LogP contribution in [0.2, 0.25) is 0 Å². The third-order valence-electron chi connectivity index (χ3n) is 4.07. The lowest BCUT2D eigenvalue weighted by atomic mass is 9.83. The molecule has 1 saturated heterocycles. The molecule has 20 heavy (non-hydrogen) atoms. The van der Waals surface area contributed by atoms with Gasteiger partial charge in [-0.25, -0.2) is 0 Å². The number of fused-ring (bicyclic) bond motifs is 1. The monoisotopic (exact) mass is 281 g/mol. The quantitative estimate of drug-likeness (QED) is 0.847. The van der Waals surface area contributed by atoms with Gasteiger partial charge in [-0.1, -0.05) is 48.2 Å². The fourth-order valence-electron chi connectivity index (χ4n) is 3.14. The Morgan fingerprint density at radius 1 is 1.05 bits per heavy atom. The third kappa shape index (κ3) is 1.61. The van der Waals surface area contributed by atoms with Crippen LogP contribution in [-0.4, -0.2) is 33.9 Å². The number of aliphatic imine (C=N–C) groups is 1. The van der Waals surface area contributed by atoms with E-state index in [1.807, 2.05) is 30.2 Å². The predicted molar refractivity (Wildman–Crippen MR) is 82.9 cm³/mol. The molecule has 0 saturated carbocycles. The maximum absolute atomic E-state index is 4.78. The lowest BCUT2D eigenvalue weighted by Crippen LogP contribution is -2.45. The predicted octanol–water partition coefficient (Wildman–Crippen LogP) is 2.74. The molecule has 0 radical (unpaired) electrons. The van der Waals surface area contributed by atoms with Crippen molar-refractivity contribution in [2.24, 2.45) is 4.99 Å². The van der Waals surface area contributed by atoms with E-state index in [2.05, 4.69) is 46.3 Å². The van der Waals surface area contributed by atoms with Crippen LogP contribution in [0.1, 0.15) is 11.1 Å². The fourth-order valence-corrected chi connectivity index (χ4v) is 4.15. The molecule has 2 aliphatic rings. The second-order valence-corrected chi connectivity index (χ2v) is 6.13. The molecule has 1 atom stereocenters. The summed E-state index contributed by atoms with van der Waals surface area (Å²) in [6.07, 6.45) is 3.81. The Bertz CT molecular complexity index is 600. The van der Waals surface area contributed by atoms with Crippen LogP contribution in [0.3, 0.4) is 0 Å². The molecule has 3 nitrogen and oxygen atoms in total. The van der Waals surface area contributed by atoms with E-state index in [-0.39, 0.29) is 5.54 Å². The largest absolute Gasteiger partial charge is 0.335 e. The van der Waals surface area contributed by atoms with E-state index in [1.165, 1.54) is 16.3 Å². The summed E-state index contributed by atoms with van der Waals surface area (Å²) in [7, 11) is 0. The topological polar surface area (TPSA) is 28.5 Å². The van der Waals surface area contributed by atoms with Gasteiger partial charge in [0.15, 0.2) is 5.17 Å². The van der Waals surface area contributed by atoms with Crippen molar-refractivity contribution in [3.05, 3.63) is 66.0 Å². The number of rotatable bonds is 2. The first kappa shape index (κ1) is 12.0. The molecule has 0 bridgehead atoms. The van der Waals surface area contributed by atoms with Crippen LogP contribution in [0.25, 0.3) is 0 Å². The standard InChI is InChI=1S/C16H15N3S/c1-2-5-13(6-3-1)16(14-7-4-8-17-11-14)12-18-15-19(16)9-10-20-15/h1-8,11H,9-10,12H2. The van der Waals surface area contributed by atoms with Gasteiger partial charge < -0.3 is 4.90 Å². The van der Waals surface area contributed by atoms with Crippen molar-refractivity contribution >= 4 is 16.9 Å². The Morgan fingerprint density at radius 2 is 1.90 bits per heavy atom. The van der Waals surface area contributed by atoms with Gasteiger partial charge in [0.2, 0.25) is 0 Å². The molecular formula is C16H15N3S. The number of benzene rings is 1. The van der Waals surface area contributed by atoms with Crippen LogP contribution < -0.4 is 0 Å². The van der Waals surface area contributed by atoms with Crippen LogP contribution in [-0.2, 0) is 5.54 Å². The van der Waals surface area contributed by atoms with Crippen molar-refractivity contribution in [1.82, 2.24) is 9.88 Å². The highest BCUT2D eigenvalue weighted by molar-refractivity contribution is 8.14. The average molecular weight is 281 g/mol. The van der Waals surface area contributed by atoms with Crippen molar-refractivity contribution in [3.63, 3.8) is 0 Å². The first-order valence-corrected chi connectivity index (χ1v) is 7.81. The molecule has 2 aromatic rings.